The van der Waals surface area contributed by atoms with Gasteiger partial charge in [-0.3, -0.25) is 9.48 Å². The van der Waals surface area contributed by atoms with Gasteiger partial charge in [0.2, 0.25) is 0 Å². The largest absolute Gasteiger partial charge is 0.357 e. The molecule has 3 N–H and O–H groups in total. The molecule has 0 atom stereocenters. The monoisotopic (exact) mass is 532 g/mol. The molecule has 1 amide bonds. The molecule has 0 unspecified atom stereocenters. The predicted molar refractivity (Wildman–Crippen MR) is 135 cm³/mol. The van der Waals surface area contributed by atoms with E-state index < -0.39 is 0 Å². The molecule has 0 saturated heterocycles. The van der Waals surface area contributed by atoms with Gasteiger partial charge < -0.3 is 16.0 Å². The van der Waals surface area contributed by atoms with Gasteiger partial charge in [-0.05, 0) is 41.8 Å². The van der Waals surface area contributed by atoms with Crippen LogP contribution in [0.1, 0.15) is 34.0 Å². The minimum Gasteiger partial charge on any atom is -0.357 e. The van der Waals surface area contributed by atoms with Gasteiger partial charge in [0.1, 0.15) is 0 Å². The number of hydrogen-bond donors (Lipinski definition) is 3. The topological polar surface area (TPSA) is 83.3 Å². The molecular formula is C23H29IN6O. The average Bonchev–Trinajstić information content (AvgIpc) is 3.29. The molecule has 0 saturated carbocycles. The number of guanidine groups is 1. The van der Waals surface area contributed by atoms with E-state index in [1.54, 1.807) is 13.2 Å². The Balaban J connectivity index is 0.00000341. The number of amides is 1. The van der Waals surface area contributed by atoms with Crippen molar-refractivity contribution in [3.05, 3.63) is 89.2 Å². The SMILES string of the molecule is CCNC(=NCc1ccc(C(=O)NC)cc1)NCc1ccccc1Cn1cccn1.I. The van der Waals surface area contributed by atoms with E-state index in [-0.39, 0.29) is 29.9 Å². The Hall–Kier alpha value is -2.88. The van der Waals surface area contributed by atoms with E-state index in [4.69, 9.17) is 0 Å². The Kier molecular flexibility index (Phi) is 10.0. The van der Waals surface area contributed by atoms with Crippen molar-refractivity contribution in [2.24, 2.45) is 4.99 Å². The number of aromatic nitrogens is 2. The number of benzene rings is 2. The Morgan fingerprint density at radius 3 is 2.42 bits per heavy atom. The van der Waals surface area contributed by atoms with Gasteiger partial charge in [-0.15, -0.1) is 24.0 Å². The third-order valence-corrected chi connectivity index (χ3v) is 4.66. The van der Waals surface area contributed by atoms with Crippen molar-refractivity contribution in [2.45, 2.75) is 26.6 Å². The zero-order chi connectivity index (χ0) is 21.2. The van der Waals surface area contributed by atoms with Crippen molar-refractivity contribution in [1.82, 2.24) is 25.7 Å². The molecule has 7 nitrogen and oxygen atoms in total. The van der Waals surface area contributed by atoms with Gasteiger partial charge in [-0.25, -0.2) is 4.99 Å². The normalized spacial score (nSPS) is 10.8. The van der Waals surface area contributed by atoms with Crippen LogP contribution in [0.2, 0.25) is 0 Å². The van der Waals surface area contributed by atoms with Crippen LogP contribution >= 0.6 is 24.0 Å². The van der Waals surface area contributed by atoms with Gasteiger partial charge in [0.25, 0.3) is 5.91 Å². The van der Waals surface area contributed by atoms with Gasteiger partial charge >= 0.3 is 0 Å². The van der Waals surface area contributed by atoms with Crippen LogP contribution in [0.4, 0.5) is 0 Å². The van der Waals surface area contributed by atoms with E-state index in [9.17, 15) is 4.79 Å². The highest BCUT2D eigenvalue weighted by Crippen LogP contribution is 2.10. The van der Waals surface area contributed by atoms with Gasteiger partial charge in [-0.1, -0.05) is 36.4 Å². The van der Waals surface area contributed by atoms with E-state index in [2.05, 4.69) is 38.2 Å². The Labute approximate surface area is 200 Å². The summed E-state index contributed by atoms with van der Waals surface area (Å²) in [7, 11) is 1.63. The van der Waals surface area contributed by atoms with Crippen LogP contribution in [0.5, 0.6) is 0 Å². The molecule has 0 aliphatic rings. The molecule has 1 heterocycles. The second-order valence-corrected chi connectivity index (χ2v) is 6.80. The van der Waals surface area contributed by atoms with Crippen molar-refractivity contribution in [3.8, 4) is 0 Å². The van der Waals surface area contributed by atoms with E-state index in [0.717, 1.165) is 24.6 Å². The van der Waals surface area contributed by atoms with Crippen LogP contribution in [-0.2, 0) is 19.6 Å². The lowest BCUT2D eigenvalue weighted by molar-refractivity contribution is 0.0963. The van der Waals surface area contributed by atoms with Crippen molar-refractivity contribution in [3.63, 3.8) is 0 Å². The predicted octanol–water partition coefficient (Wildman–Crippen LogP) is 3.16. The highest BCUT2D eigenvalue weighted by Gasteiger charge is 2.06. The summed E-state index contributed by atoms with van der Waals surface area (Å²) >= 11 is 0. The molecular weight excluding hydrogens is 503 g/mol. The van der Waals surface area contributed by atoms with Crippen molar-refractivity contribution >= 4 is 35.8 Å². The van der Waals surface area contributed by atoms with Crippen molar-refractivity contribution in [2.75, 3.05) is 13.6 Å². The summed E-state index contributed by atoms with van der Waals surface area (Å²) in [4.78, 5) is 16.3. The highest BCUT2D eigenvalue weighted by molar-refractivity contribution is 14.0. The summed E-state index contributed by atoms with van der Waals surface area (Å²) in [5.41, 5.74) is 4.10. The standard InChI is InChI=1S/C23H28N6O.HI/c1-3-25-23(26-15-18-9-11-19(12-10-18)22(30)24-2)27-16-20-7-4-5-8-21(20)17-29-14-6-13-28-29;/h4-14H,3,15-17H2,1-2H3,(H,24,30)(H2,25,26,27);1H. The Morgan fingerprint density at radius 2 is 1.77 bits per heavy atom. The highest BCUT2D eigenvalue weighted by atomic mass is 127. The maximum absolute atomic E-state index is 11.7. The molecule has 3 aromatic rings. The van der Waals surface area contributed by atoms with E-state index in [1.165, 1.54) is 11.1 Å². The molecule has 0 aliphatic heterocycles. The van der Waals surface area contributed by atoms with Crippen LogP contribution in [-0.4, -0.2) is 35.2 Å². The summed E-state index contributed by atoms with van der Waals surface area (Å²) in [5, 5.41) is 13.6. The van der Waals surface area contributed by atoms with Crippen LogP contribution in [0.3, 0.4) is 0 Å². The lowest BCUT2D eigenvalue weighted by Gasteiger charge is -2.14. The first-order valence-electron chi connectivity index (χ1n) is 10.1. The minimum atomic E-state index is -0.0890. The first kappa shape index (κ1) is 24.4. The smallest absolute Gasteiger partial charge is 0.251 e. The fourth-order valence-corrected chi connectivity index (χ4v) is 3.05. The summed E-state index contributed by atoms with van der Waals surface area (Å²) in [6.45, 7) is 4.74. The van der Waals surface area contributed by atoms with E-state index >= 15 is 0 Å². The van der Waals surface area contributed by atoms with E-state index in [1.807, 2.05) is 60.3 Å². The lowest BCUT2D eigenvalue weighted by atomic mass is 10.1. The zero-order valence-electron chi connectivity index (χ0n) is 17.8. The molecule has 2 aromatic carbocycles. The molecule has 0 aliphatic carbocycles. The van der Waals surface area contributed by atoms with Gasteiger partial charge in [0.15, 0.2) is 5.96 Å². The molecule has 31 heavy (non-hydrogen) atoms. The van der Waals surface area contributed by atoms with Crippen LogP contribution in [0.15, 0.2) is 72.0 Å². The number of carbonyl (C=O) groups excluding carboxylic acids is 1. The second kappa shape index (κ2) is 12.7. The quantitative estimate of drug-likeness (QED) is 0.237. The molecule has 1 aromatic heterocycles. The third-order valence-electron chi connectivity index (χ3n) is 4.66. The maximum Gasteiger partial charge on any atom is 0.251 e. The fraction of sp³-hybridized carbons (Fsp3) is 0.261. The Bertz CT molecular complexity index is 970. The molecule has 0 fully saturated rings. The summed E-state index contributed by atoms with van der Waals surface area (Å²) in [5.74, 6) is 0.663. The number of rotatable bonds is 8. The number of nitrogens with zero attached hydrogens (tertiary/aromatic N) is 3. The summed E-state index contributed by atoms with van der Waals surface area (Å²) < 4.78 is 1.92. The number of nitrogens with one attached hydrogen (secondary N) is 3. The molecule has 8 heteroatoms. The second-order valence-electron chi connectivity index (χ2n) is 6.80. The third kappa shape index (κ3) is 7.39. The number of halogens is 1. The van der Waals surface area contributed by atoms with Gasteiger partial charge in [0.05, 0.1) is 13.1 Å². The molecule has 164 valence electrons. The number of hydrogen-bond acceptors (Lipinski definition) is 3. The van der Waals surface area contributed by atoms with Crippen molar-refractivity contribution in [1.29, 1.82) is 0 Å². The summed E-state index contributed by atoms with van der Waals surface area (Å²) in [6.07, 6.45) is 3.75. The minimum absolute atomic E-state index is 0. The number of aliphatic imine (C=N–C) groups is 1. The van der Waals surface area contributed by atoms with Crippen LogP contribution in [0.25, 0.3) is 0 Å². The molecule has 3 rings (SSSR count). The maximum atomic E-state index is 11.7. The summed E-state index contributed by atoms with van der Waals surface area (Å²) in [6, 6.07) is 17.7. The first-order chi connectivity index (χ1) is 14.7. The van der Waals surface area contributed by atoms with Gasteiger partial charge in [-0.2, -0.15) is 5.10 Å². The fourth-order valence-electron chi connectivity index (χ4n) is 3.05. The molecule has 0 bridgehead atoms. The number of carbonyl (C=O) groups is 1. The van der Waals surface area contributed by atoms with Crippen LogP contribution < -0.4 is 16.0 Å². The Morgan fingerprint density at radius 1 is 1.03 bits per heavy atom. The molecule has 0 spiro atoms. The zero-order valence-corrected chi connectivity index (χ0v) is 20.2. The molecule has 0 radical (unpaired) electrons. The van der Waals surface area contributed by atoms with Crippen molar-refractivity contribution < 1.29 is 4.79 Å². The lowest BCUT2D eigenvalue weighted by Crippen LogP contribution is -2.37. The van der Waals surface area contributed by atoms with Gasteiger partial charge in [0, 0.05) is 38.1 Å². The first-order valence-corrected chi connectivity index (χ1v) is 10.1. The van der Waals surface area contributed by atoms with Crippen LogP contribution in [0, 0.1) is 0 Å². The van der Waals surface area contributed by atoms with E-state index in [0.29, 0.717) is 18.7 Å². The average molecular weight is 532 g/mol.